The number of nitrogens with one attached hydrogen (secondary N) is 1. The van der Waals surface area contributed by atoms with Gasteiger partial charge in [0.25, 0.3) is 0 Å². The SMILES string of the molecule is CCCCCCCCCCN(C=O)c1ccc(CN2C=Cc3[nH]cnc3C2)cc1. The molecule has 0 saturated carbocycles. The normalized spacial score (nSPS) is 12.8. The Bertz CT molecular complexity index is 765. The second kappa shape index (κ2) is 11.4. The number of benzene rings is 1. The van der Waals surface area contributed by atoms with Crippen molar-refractivity contribution < 1.29 is 4.79 Å². The van der Waals surface area contributed by atoms with Gasteiger partial charge in [0.15, 0.2) is 0 Å². The Morgan fingerprint density at radius 2 is 1.79 bits per heavy atom. The van der Waals surface area contributed by atoms with Crippen LogP contribution in [0.5, 0.6) is 0 Å². The first-order valence-corrected chi connectivity index (χ1v) is 11.1. The van der Waals surface area contributed by atoms with Crippen LogP contribution in [0.15, 0.2) is 36.8 Å². The molecule has 1 amide bonds. The summed E-state index contributed by atoms with van der Waals surface area (Å²) in [5.74, 6) is 0. The molecule has 0 spiro atoms. The Morgan fingerprint density at radius 1 is 1.07 bits per heavy atom. The summed E-state index contributed by atoms with van der Waals surface area (Å²) in [7, 11) is 0. The van der Waals surface area contributed by atoms with Gasteiger partial charge in [-0.1, -0.05) is 64.0 Å². The number of anilines is 1. The maximum atomic E-state index is 11.5. The predicted molar refractivity (Wildman–Crippen MR) is 119 cm³/mol. The van der Waals surface area contributed by atoms with Crippen molar-refractivity contribution in [1.82, 2.24) is 14.9 Å². The lowest BCUT2D eigenvalue weighted by Gasteiger charge is -2.23. The zero-order chi connectivity index (χ0) is 20.3. The molecule has 1 aliphatic heterocycles. The van der Waals surface area contributed by atoms with E-state index in [2.05, 4.69) is 58.3 Å². The number of nitrogens with zero attached hydrogens (tertiary/aromatic N) is 3. The standard InChI is InChI=1S/C24H34N4O/c1-2-3-4-5-6-7-8-9-15-28(20-29)22-12-10-21(11-13-22)17-27-16-14-23-24(18-27)26-19-25-23/h10-14,16,19-20H,2-9,15,17-18H2,1H3,(H,25,26). The largest absolute Gasteiger partial charge is 0.367 e. The molecule has 5 nitrogen and oxygen atoms in total. The van der Waals surface area contributed by atoms with E-state index in [-0.39, 0.29) is 0 Å². The lowest BCUT2D eigenvalue weighted by molar-refractivity contribution is -0.107. The number of unbranched alkanes of at least 4 members (excludes halogenated alkanes) is 7. The third-order valence-corrected chi connectivity index (χ3v) is 5.59. The molecule has 0 unspecified atom stereocenters. The molecule has 29 heavy (non-hydrogen) atoms. The van der Waals surface area contributed by atoms with E-state index >= 15 is 0 Å². The van der Waals surface area contributed by atoms with Crippen LogP contribution in [0.1, 0.15) is 75.2 Å². The second-order valence-corrected chi connectivity index (χ2v) is 7.92. The van der Waals surface area contributed by atoms with Crippen molar-refractivity contribution in [2.24, 2.45) is 0 Å². The quantitative estimate of drug-likeness (QED) is 0.360. The number of imidazole rings is 1. The van der Waals surface area contributed by atoms with Gasteiger partial charge in [-0.25, -0.2) is 4.98 Å². The fourth-order valence-electron chi connectivity index (χ4n) is 3.82. The molecule has 2 aromatic rings. The highest BCUT2D eigenvalue weighted by atomic mass is 16.1. The van der Waals surface area contributed by atoms with Gasteiger partial charge in [-0.3, -0.25) is 4.79 Å². The van der Waals surface area contributed by atoms with Gasteiger partial charge < -0.3 is 14.8 Å². The van der Waals surface area contributed by atoms with Crippen molar-refractivity contribution in [3.05, 3.63) is 53.7 Å². The van der Waals surface area contributed by atoms with E-state index < -0.39 is 0 Å². The summed E-state index contributed by atoms with van der Waals surface area (Å²) in [6, 6.07) is 8.35. The number of hydrogen-bond acceptors (Lipinski definition) is 3. The zero-order valence-corrected chi connectivity index (χ0v) is 17.6. The van der Waals surface area contributed by atoms with E-state index in [4.69, 9.17) is 0 Å². The van der Waals surface area contributed by atoms with Crippen LogP contribution in [-0.2, 0) is 17.9 Å². The monoisotopic (exact) mass is 394 g/mol. The van der Waals surface area contributed by atoms with Gasteiger partial charge in [0, 0.05) is 25.0 Å². The molecule has 5 heteroatoms. The molecule has 0 bridgehead atoms. The van der Waals surface area contributed by atoms with E-state index in [0.29, 0.717) is 0 Å². The molecule has 0 fully saturated rings. The van der Waals surface area contributed by atoms with Crippen LogP contribution in [0.25, 0.3) is 6.08 Å². The van der Waals surface area contributed by atoms with Crippen LogP contribution in [0.4, 0.5) is 5.69 Å². The zero-order valence-electron chi connectivity index (χ0n) is 17.6. The van der Waals surface area contributed by atoms with Crippen LogP contribution in [0.2, 0.25) is 0 Å². The molecule has 0 saturated heterocycles. The molecule has 0 aliphatic carbocycles. The molecule has 1 aromatic heterocycles. The number of aromatic nitrogens is 2. The Labute approximate surface area is 174 Å². The molecule has 1 aromatic carbocycles. The first-order valence-electron chi connectivity index (χ1n) is 11.1. The molecular formula is C24H34N4O. The van der Waals surface area contributed by atoms with Crippen LogP contribution in [-0.4, -0.2) is 27.8 Å². The van der Waals surface area contributed by atoms with Gasteiger partial charge in [0.05, 0.1) is 24.3 Å². The Hall–Kier alpha value is -2.56. The van der Waals surface area contributed by atoms with Crippen LogP contribution >= 0.6 is 0 Å². The molecule has 1 N–H and O–H groups in total. The maximum absolute atomic E-state index is 11.5. The molecule has 2 heterocycles. The van der Waals surface area contributed by atoms with E-state index in [1.165, 1.54) is 50.5 Å². The lowest BCUT2D eigenvalue weighted by Crippen LogP contribution is -2.22. The van der Waals surface area contributed by atoms with Crippen molar-refractivity contribution >= 4 is 18.2 Å². The van der Waals surface area contributed by atoms with E-state index in [9.17, 15) is 4.79 Å². The van der Waals surface area contributed by atoms with Gasteiger partial charge in [0.2, 0.25) is 6.41 Å². The lowest BCUT2D eigenvalue weighted by atomic mass is 10.1. The smallest absolute Gasteiger partial charge is 0.214 e. The number of hydrogen-bond donors (Lipinski definition) is 1. The van der Waals surface area contributed by atoms with Crippen molar-refractivity contribution in [3.8, 4) is 0 Å². The van der Waals surface area contributed by atoms with Crippen molar-refractivity contribution in [3.63, 3.8) is 0 Å². The minimum Gasteiger partial charge on any atom is -0.367 e. The van der Waals surface area contributed by atoms with Crippen molar-refractivity contribution in [1.29, 1.82) is 0 Å². The van der Waals surface area contributed by atoms with Crippen molar-refractivity contribution in [2.45, 2.75) is 71.4 Å². The minimum absolute atomic E-state index is 0.800. The maximum Gasteiger partial charge on any atom is 0.214 e. The van der Waals surface area contributed by atoms with E-state index in [0.717, 1.165) is 49.5 Å². The number of rotatable bonds is 13. The highest BCUT2D eigenvalue weighted by molar-refractivity contribution is 5.74. The molecule has 0 radical (unpaired) electrons. The average molecular weight is 395 g/mol. The Kier molecular flexibility index (Phi) is 8.35. The first kappa shape index (κ1) is 21.2. The van der Waals surface area contributed by atoms with Crippen molar-refractivity contribution in [2.75, 3.05) is 11.4 Å². The summed E-state index contributed by atoms with van der Waals surface area (Å²) in [4.78, 5) is 23.1. The van der Waals surface area contributed by atoms with Crippen LogP contribution in [0.3, 0.4) is 0 Å². The molecular weight excluding hydrogens is 360 g/mol. The van der Waals surface area contributed by atoms with Gasteiger partial charge in [-0.15, -0.1) is 0 Å². The molecule has 3 rings (SSSR count). The minimum atomic E-state index is 0.800. The number of fused-ring (bicyclic) bond motifs is 1. The van der Waals surface area contributed by atoms with E-state index in [1.54, 1.807) is 6.33 Å². The third kappa shape index (κ3) is 6.48. The molecule has 156 valence electrons. The predicted octanol–water partition coefficient (Wildman–Crippen LogP) is 5.50. The van der Waals surface area contributed by atoms with E-state index in [1.807, 2.05) is 4.90 Å². The van der Waals surface area contributed by atoms with Gasteiger partial charge >= 0.3 is 0 Å². The number of H-pyrrole nitrogens is 1. The Morgan fingerprint density at radius 3 is 2.52 bits per heavy atom. The number of amides is 1. The van der Waals surface area contributed by atoms with Gasteiger partial charge in [0.1, 0.15) is 0 Å². The summed E-state index contributed by atoms with van der Waals surface area (Å²) < 4.78 is 0. The molecule has 1 aliphatic rings. The summed E-state index contributed by atoms with van der Waals surface area (Å²) in [6.45, 7) is 4.70. The highest BCUT2D eigenvalue weighted by Gasteiger charge is 2.13. The van der Waals surface area contributed by atoms with Gasteiger partial charge in [-0.2, -0.15) is 0 Å². The number of carbonyl (C=O) groups excluding carboxylic acids is 1. The van der Waals surface area contributed by atoms with Gasteiger partial charge in [-0.05, 0) is 30.2 Å². The number of aromatic amines is 1. The van der Waals surface area contributed by atoms with Crippen LogP contribution < -0.4 is 4.90 Å². The first-order chi connectivity index (χ1) is 14.3. The molecule has 0 atom stereocenters. The summed E-state index contributed by atoms with van der Waals surface area (Å²) in [6.07, 6.45) is 17.1. The Balaban J connectivity index is 1.40. The fourth-order valence-corrected chi connectivity index (χ4v) is 3.82. The number of carbonyl (C=O) groups is 1. The summed E-state index contributed by atoms with van der Waals surface area (Å²) in [5, 5.41) is 0. The summed E-state index contributed by atoms with van der Waals surface area (Å²) >= 11 is 0. The second-order valence-electron chi connectivity index (χ2n) is 7.92. The highest BCUT2D eigenvalue weighted by Crippen LogP contribution is 2.20. The third-order valence-electron chi connectivity index (χ3n) is 5.59. The average Bonchev–Trinajstić information content (AvgIpc) is 3.21. The fraction of sp³-hybridized carbons (Fsp3) is 0.500. The van der Waals surface area contributed by atoms with Crippen LogP contribution in [0, 0.1) is 0 Å². The topological polar surface area (TPSA) is 52.2 Å². The summed E-state index contributed by atoms with van der Waals surface area (Å²) in [5.41, 5.74) is 4.39.